The highest BCUT2D eigenvalue weighted by Crippen LogP contribution is 2.11. The first-order valence-corrected chi connectivity index (χ1v) is 5.02. The van der Waals surface area contributed by atoms with E-state index in [0.717, 1.165) is 32.0 Å². The number of aromatic nitrogens is 2. The topological polar surface area (TPSA) is 49.3 Å². The summed E-state index contributed by atoms with van der Waals surface area (Å²) in [5.41, 5.74) is 0.382. The molecule has 5 heteroatoms. The second-order valence-corrected chi connectivity index (χ2v) is 3.72. The molecule has 0 N–H and O–H groups in total. The highest BCUT2D eigenvalue weighted by Gasteiger charge is 2.15. The van der Waals surface area contributed by atoms with Crippen molar-refractivity contribution in [3.8, 4) is 0 Å². The molecular formula is C10H14N4O. The van der Waals surface area contributed by atoms with Crippen LogP contribution in [0.4, 0.5) is 5.82 Å². The molecule has 0 spiro atoms. The number of likely N-dealkylation sites (N-methyl/N-ethyl adjacent to an activating group) is 1. The van der Waals surface area contributed by atoms with E-state index in [0.29, 0.717) is 12.0 Å². The lowest BCUT2D eigenvalue weighted by atomic mass is 10.3. The van der Waals surface area contributed by atoms with Gasteiger partial charge in [-0.1, -0.05) is 0 Å². The van der Waals surface area contributed by atoms with Gasteiger partial charge in [0.25, 0.3) is 0 Å². The molecule has 0 bridgehead atoms. The molecule has 1 aliphatic heterocycles. The molecule has 0 amide bonds. The van der Waals surface area contributed by atoms with Crippen LogP contribution < -0.4 is 4.90 Å². The Morgan fingerprint density at radius 2 is 1.93 bits per heavy atom. The van der Waals surface area contributed by atoms with Crippen molar-refractivity contribution in [3.05, 3.63) is 17.8 Å². The monoisotopic (exact) mass is 206 g/mol. The van der Waals surface area contributed by atoms with Crippen molar-refractivity contribution in [2.75, 3.05) is 38.1 Å². The van der Waals surface area contributed by atoms with Gasteiger partial charge in [-0.05, 0) is 19.2 Å². The number of nitrogens with zero attached hydrogens (tertiary/aromatic N) is 4. The first-order chi connectivity index (χ1) is 7.29. The number of aldehydes is 1. The molecule has 0 aliphatic carbocycles. The summed E-state index contributed by atoms with van der Waals surface area (Å²) in [7, 11) is 2.11. The van der Waals surface area contributed by atoms with Gasteiger partial charge in [-0.3, -0.25) is 4.79 Å². The standard InChI is InChI=1S/C10H14N4O/c1-13-4-6-14(7-5-13)10-3-2-9(8-15)11-12-10/h2-3,8H,4-7H2,1H3. The van der Waals surface area contributed by atoms with Gasteiger partial charge in [-0.2, -0.15) is 0 Å². The van der Waals surface area contributed by atoms with Crippen molar-refractivity contribution in [1.29, 1.82) is 0 Å². The summed E-state index contributed by atoms with van der Waals surface area (Å²) in [6.45, 7) is 4.01. The normalized spacial score (nSPS) is 17.8. The fraction of sp³-hybridized carbons (Fsp3) is 0.500. The number of hydrogen-bond acceptors (Lipinski definition) is 5. The summed E-state index contributed by atoms with van der Waals surface area (Å²) in [4.78, 5) is 14.9. The highest BCUT2D eigenvalue weighted by atomic mass is 16.1. The molecule has 0 atom stereocenters. The molecule has 1 aromatic rings. The lowest BCUT2D eigenvalue weighted by molar-refractivity contribution is 0.111. The van der Waals surface area contributed by atoms with Crippen LogP contribution in [0.3, 0.4) is 0 Å². The van der Waals surface area contributed by atoms with Gasteiger partial charge in [-0.25, -0.2) is 0 Å². The van der Waals surface area contributed by atoms with E-state index in [1.807, 2.05) is 6.07 Å². The smallest absolute Gasteiger partial charge is 0.170 e. The van der Waals surface area contributed by atoms with Crippen LogP contribution in [0.25, 0.3) is 0 Å². The minimum absolute atomic E-state index is 0.382. The zero-order valence-corrected chi connectivity index (χ0v) is 8.76. The summed E-state index contributed by atoms with van der Waals surface area (Å²) in [5, 5.41) is 7.84. The molecule has 2 heterocycles. The maximum atomic E-state index is 10.4. The molecule has 1 aromatic heterocycles. The van der Waals surface area contributed by atoms with Crippen LogP contribution in [0.1, 0.15) is 10.5 Å². The maximum Gasteiger partial charge on any atom is 0.170 e. The Morgan fingerprint density at radius 3 is 2.47 bits per heavy atom. The maximum absolute atomic E-state index is 10.4. The molecule has 1 aliphatic rings. The van der Waals surface area contributed by atoms with Gasteiger partial charge >= 0.3 is 0 Å². The van der Waals surface area contributed by atoms with E-state index < -0.39 is 0 Å². The molecule has 80 valence electrons. The largest absolute Gasteiger partial charge is 0.353 e. The Bertz CT molecular complexity index is 330. The van der Waals surface area contributed by atoms with Crippen LogP contribution in [-0.2, 0) is 0 Å². The summed E-state index contributed by atoms with van der Waals surface area (Å²) >= 11 is 0. The minimum atomic E-state index is 0.382. The number of piperazine rings is 1. The molecule has 15 heavy (non-hydrogen) atoms. The van der Waals surface area contributed by atoms with Crippen LogP contribution in [0, 0.1) is 0 Å². The average molecular weight is 206 g/mol. The Labute approximate surface area is 88.7 Å². The Hall–Kier alpha value is -1.49. The summed E-state index contributed by atoms with van der Waals surface area (Å²) in [6.07, 6.45) is 0.709. The molecule has 0 saturated carbocycles. The average Bonchev–Trinajstić information content (AvgIpc) is 2.30. The Balaban J connectivity index is 2.06. The highest BCUT2D eigenvalue weighted by molar-refractivity contribution is 5.71. The van der Waals surface area contributed by atoms with Crippen molar-refractivity contribution in [1.82, 2.24) is 15.1 Å². The second kappa shape index (κ2) is 4.35. The lowest BCUT2D eigenvalue weighted by Gasteiger charge is -2.32. The van der Waals surface area contributed by atoms with Gasteiger partial charge in [0.2, 0.25) is 0 Å². The molecule has 0 unspecified atom stereocenters. The van der Waals surface area contributed by atoms with Gasteiger partial charge in [0.05, 0.1) is 0 Å². The molecule has 0 radical (unpaired) electrons. The van der Waals surface area contributed by atoms with E-state index in [9.17, 15) is 4.79 Å². The third-order valence-corrected chi connectivity index (χ3v) is 2.62. The van der Waals surface area contributed by atoms with Crippen molar-refractivity contribution in [3.63, 3.8) is 0 Å². The van der Waals surface area contributed by atoms with Crippen LogP contribution in [-0.4, -0.2) is 54.6 Å². The van der Waals surface area contributed by atoms with Crippen LogP contribution in [0.5, 0.6) is 0 Å². The van der Waals surface area contributed by atoms with Crippen LogP contribution in [0.15, 0.2) is 12.1 Å². The van der Waals surface area contributed by atoms with E-state index in [2.05, 4.69) is 27.0 Å². The Kier molecular flexibility index (Phi) is 2.91. The van der Waals surface area contributed by atoms with Crippen molar-refractivity contribution in [2.45, 2.75) is 0 Å². The SMILES string of the molecule is CN1CCN(c2ccc(C=O)nn2)CC1. The van der Waals surface area contributed by atoms with Crippen molar-refractivity contribution >= 4 is 12.1 Å². The third-order valence-electron chi connectivity index (χ3n) is 2.62. The van der Waals surface area contributed by atoms with E-state index >= 15 is 0 Å². The van der Waals surface area contributed by atoms with E-state index in [1.54, 1.807) is 6.07 Å². The first kappa shape index (κ1) is 10.0. The molecule has 0 aromatic carbocycles. The third kappa shape index (κ3) is 2.30. The van der Waals surface area contributed by atoms with Gasteiger partial charge < -0.3 is 9.80 Å². The van der Waals surface area contributed by atoms with Gasteiger partial charge in [-0.15, -0.1) is 10.2 Å². The van der Waals surface area contributed by atoms with Gasteiger partial charge in [0.15, 0.2) is 12.1 Å². The molecule has 1 fully saturated rings. The van der Waals surface area contributed by atoms with E-state index in [4.69, 9.17) is 0 Å². The second-order valence-electron chi connectivity index (χ2n) is 3.72. The van der Waals surface area contributed by atoms with Crippen LogP contribution >= 0.6 is 0 Å². The number of rotatable bonds is 2. The number of hydrogen-bond donors (Lipinski definition) is 0. The fourth-order valence-electron chi connectivity index (χ4n) is 1.60. The summed E-state index contributed by atoms with van der Waals surface area (Å²) < 4.78 is 0. The molecule has 2 rings (SSSR count). The zero-order valence-electron chi connectivity index (χ0n) is 8.76. The van der Waals surface area contributed by atoms with E-state index in [1.165, 1.54) is 0 Å². The number of carbonyl (C=O) groups excluding carboxylic acids is 1. The van der Waals surface area contributed by atoms with Crippen LogP contribution in [0.2, 0.25) is 0 Å². The molecule has 1 saturated heterocycles. The van der Waals surface area contributed by atoms with Gasteiger partial charge in [0.1, 0.15) is 5.69 Å². The summed E-state index contributed by atoms with van der Waals surface area (Å²) in [6, 6.07) is 3.55. The van der Waals surface area contributed by atoms with Crippen molar-refractivity contribution < 1.29 is 4.79 Å². The quantitative estimate of drug-likeness (QED) is 0.639. The Morgan fingerprint density at radius 1 is 1.20 bits per heavy atom. The molecule has 5 nitrogen and oxygen atoms in total. The predicted molar refractivity (Wildman–Crippen MR) is 57.1 cm³/mol. The lowest BCUT2D eigenvalue weighted by Crippen LogP contribution is -2.44. The minimum Gasteiger partial charge on any atom is -0.353 e. The fourth-order valence-corrected chi connectivity index (χ4v) is 1.60. The molecular weight excluding hydrogens is 192 g/mol. The summed E-state index contributed by atoms with van der Waals surface area (Å²) in [5.74, 6) is 0.855. The number of carbonyl (C=O) groups is 1. The zero-order chi connectivity index (χ0) is 10.7. The first-order valence-electron chi connectivity index (χ1n) is 5.02. The predicted octanol–water partition coefficient (Wildman–Crippen LogP) is 0.0409. The number of anilines is 1. The van der Waals surface area contributed by atoms with Gasteiger partial charge in [0, 0.05) is 26.2 Å². The van der Waals surface area contributed by atoms with Crippen molar-refractivity contribution in [2.24, 2.45) is 0 Å². The van der Waals surface area contributed by atoms with E-state index in [-0.39, 0.29) is 0 Å².